The quantitative estimate of drug-likeness (QED) is 0.775. The molecule has 3 nitrogen and oxygen atoms in total. The van der Waals surface area contributed by atoms with Crippen molar-refractivity contribution in [3.05, 3.63) is 0 Å². The minimum Gasteiger partial charge on any atom is -0.374 e. The fourth-order valence-electron chi connectivity index (χ4n) is 2.33. The van der Waals surface area contributed by atoms with Crippen molar-refractivity contribution in [2.24, 2.45) is 0 Å². The minimum absolute atomic E-state index is 0.401. The van der Waals surface area contributed by atoms with Crippen LogP contribution in [-0.4, -0.2) is 61.8 Å². The second-order valence-electron chi connectivity index (χ2n) is 4.48. The summed E-state index contributed by atoms with van der Waals surface area (Å²) in [5.41, 5.74) is 0. The maximum Gasteiger partial charge on any atom is 0.0826 e. The van der Waals surface area contributed by atoms with Crippen LogP contribution in [0.4, 0.5) is 0 Å². The molecule has 0 aliphatic carbocycles. The maximum atomic E-state index is 5.73. The molecular formula is C11H22N2OS. The van der Waals surface area contributed by atoms with E-state index in [4.69, 9.17) is 4.74 Å². The highest BCUT2D eigenvalue weighted by Gasteiger charge is 2.22. The molecule has 0 radical (unpaired) electrons. The largest absolute Gasteiger partial charge is 0.374 e. The van der Waals surface area contributed by atoms with E-state index in [0.717, 1.165) is 32.3 Å². The Morgan fingerprint density at radius 2 is 2.20 bits per heavy atom. The molecule has 2 fully saturated rings. The van der Waals surface area contributed by atoms with Crippen LogP contribution in [0.2, 0.25) is 0 Å². The summed E-state index contributed by atoms with van der Waals surface area (Å²) in [6.07, 6.45) is 3.10. The summed E-state index contributed by atoms with van der Waals surface area (Å²) in [6.45, 7) is 3.99. The Morgan fingerprint density at radius 1 is 1.40 bits per heavy atom. The van der Waals surface area contributed by atoms with Gasteiger partial charge in [0.1, 0.15) is 0 Å². The van der Waals surface area contributed by atoms with Gasteiger partial charge in [0.15, 0.2) is 0 Å². The Bertz CT molecular complexity index is 179. The van der Waals surface area contributed by atoms with E-state index in [9.17, 15) is 0 Å². The van der Waals surface area contributed by atoms with E-state index in [1.807, 2.05) is 0 Å². The zero-order valence-electron chi connectivity index (χ0n) is 9.58. The van der Waals surface area contributed by atoms with Crippen molar-refractivity contribution in [2.75, 3.05) is 44.8 Å². The summed E-state index contributed by atoms with van der Waals surface area (Å²) in [7, 11) is 2.25. The van der Waals surface area contributed by atoms with Crippen molar-refractivity contribution >= 4 is 11.8 Å². The van der Waals surface area contributed by atoms with Gasteiger partial charge in [-0.3, -0.25) is 0 Å². The lowest BCUT2D eigenvalue weighted by Gasteiger charge is -2.34. The van der Waals surface area contributed by atoms with E-state index in [2.05, 4.69) is 29.0 Å². The van der Waals surface area contributed by atoms with Gasteiger partial charge in [0.05, 0.1) is 12.7 Å². The van der Waals surface area contributed by atoms with Gasteiger partial charge in [0.2, 0.25) is 0 Å². The van der Waals surface area contributed by atoms with Crippen LogP contribution in [0, 0.1) is 0 Å². The molecule has 0 bridgehead atoms. The van der Waals surface area contributed by atoms with E-state index in [-0.39, 0.29) is 0 Å². The summed E-state index contributed by atoms with van der Waals surface area (Å²) in [4.78, 5) is 2.50. The van der Waals surface area contributed by atoms with E-state index in [1.165, 1.54) is 24.3 Å². The monoisotopic (exact) mass is 230 g/mol. The van der Waals surface area contributed by atoms with Crippen LogP contribution in [0.5, 0.6) is 0 Å². The van der Waals surface area contributed by atoms with Gasteiger partial charge in [-0.2, -0.15) is 11.8 Å². The first kappa shape index (κ1) is 11.7. The normalized spacial score (nSPS) is 29.6. The molecule has 2 rings (SSSR count). The van der Waals surface area contributed by atoms with Crippen molar-refractivity contribution in [3.8, 4) is 0 Å². The average molecular weight is 230 g/mol. The van der Waals surface area contributed by atoms with Gasteiger partial charge >= 0.3 is 0 Å². The number of rotatable bonds is 3. The summed E-state index contributed by atoms with van der Waals surface area (Å²) in [5.74, 6) is 2.66. The smallest absolute Gasteiger partial charge is 0.0826 e. The highest BCUT2D eigenvalue weighted by molar-refractivity contribution is 7.99. The molecule has 88 valence electrons. The number of hydrogen-bond acceptors (Lipinski definition) is 4. The predicted octanol–water partition coefficient (Wildman–Crippen LogP) is 0.802. The molecule has 2 aliphatic rings. The summed E-state index contributed by atoms with van der Waals surface area (Å²) >= 11 is 2.09. The van der Waals surface area contributed by atoms with E-state index >= 15 is 0 Å². The Kier molecular flexibility index (Phi) is 4.75. The number of morpholine rings is 1. The van der Waals surface area contributed by atoms with Gasteiger partial charge < -0.3 is 15.0 Å². The molecule has 1 atom stereocenters. The van der Waals surface area contributed by atoms with Gasteiger partial charge in [-0.25, -0.2) is 0 Å². The number of hydrogen-bond donors (Lipinski definition) is 1. The Morgan fingerprint density at radius 3 is 2.87 bits per heavy atom. The van der Waals surface area contributed by atoms with Crippen LogP contribution in [0.3, 0.4) is 0 Å². The second kappa shape index (κ2) is 6.09. The first-order valence-electron chi connectivity index (χ1n) is 5.96. The number of likely N-dealkylation sites (N-methyl/N-ethyl adjacent to an activating group) is 1. The molecule has 2 aliphatic heterocycles. The highest BCUT2D eigenvalue weighted by Crippen LogP contribution is 2.21. The van der Waals surface area contributed by atoms with Crippen LogP contribution < -0.4 is 5.32 Å². The fourth-order valence-corrected chi connectivity index (χ4v) is 3.41. The van der Waals surface area contributed by atoms with Gasteiger partial charge in [-0.15, -0.1) is 0 Å². The third-order valence-corrected chi connectivity index (χ3v) is 4.36. The van der Waals surface area contributed by atoms with E-state index in [1.54, 1.807) is 0 Å². The molecule has 1 unspecified atom stereocenters. The first-order valence-corrected chi connectivity index (χ1v) is 7.12. The van der Waals surface area contributed by atoms with Crippen LogP contribution in [-0.2, 0) is 4.74 Å². The van der Waals surface area contributed by atoms with Gasteiger partial charge in [0, 0.05) is 25.7 Å². The lowest BCUT2D eigenvalue weighted by atomic mass is 10.1. The van der Waals surface area contributed by atoms with Crippen LogP contribution in [0.25, 0.3) is 0 Å². The molecule has 15 heavy (non-hydrogen) atoms. The summed E-state index contributed by atoms with van der Waals surface area (Å²) in [6, 6.07) is 0.789. The maximum absolute atomic E-state index is 5.73. The van der Waals surface area contributed by atoms with Gasteiger partial charge in [0.25, 0.3) is 0 Å². The average Bonchev–Trinajstić information content (AvgIpc) is 2.31. The second-order valence-corrected chi connectivity index (χ2v) is 5.70. The number of thioether (sulfide) groups is 1. The lowest BCUT2D eigenvalue weighted by molar-refractivity contribution is 0.00218. The summed E-state index contributed by atoms with van der Waals surface area (Å²) < 4.78 is 5.73. The molecule has 0 aromatic heterocycles. The molecule has 0 spiro atoms. The molecule has 2 heterocycles. The van der Waals surface area contributed by atoms with Crippen molar-refractivity contribution in [2.45, 2.75) is 25.0 Å². The van der Waals surface area contributed by atoms with Crippen LogP contribution in [0.15, 0.2) is 0 Å². The number of nitrogens with zero attached hydrogens (tertiary/aromatic N) is 1. The van der Waals surface area contributed by atoms with Gasteiger partial charge in [-0.05, 0) is 31.4 Å². The lowest BCUT2D eigenvalue weighted by Crippen LogP contribution is -2.47. The third-order valence-electron chi connectivity index (χ3n) is 3.31. The van der Waals surface area contributed by atoms with Crippen molar-refractivity contribution in [1.82, 2.24) is 10.2 Å². The van der Waals surface area contributed by atoms with Crippen molar-refractivity contribution in [1.29, 1.82) is 0 Å². The summed E-state index contributed by atoms with van der Waals surface area (Å²) in [5, 5.41) is 3.39. The Labute approximate surface area is 96.9 Å². The molecule has 0 amide bonds. The van der Waals surface area contributed by atoms with Gasteiger partial charge in [-0.1, -0.05) is 0 Å². The molecule has 4 heteroatoms. The Hall–Kier alpha value is 0.230. The van der Waals surface area contributed by atoms with Crippen molar-refractivity contribution in [3.63, 3.8) is 0 Å². The van der Waals surface area contributed by atoms with Crippen LogP contribution in [0.1, 0.15) is 12.8 Å². The number of ether oxygens (including phenoxy) is 1. The minimum atomic E-state index is 0.401. The molecule has 2 saturated heterocycles. The molecule has 0 aromatic rings. The topological polar surface area (TPSA) is 24.5 Å². The van der Waals surface area contributed by atoms with Crippen molar-refractivity contribution < 1.29 is 4.74 Å². The molecule has 1 N–H and O–H groups in total. The SMILES string of the molecule is CN(CC1CNCCO1)C1CCSCC1. The van der Waals surface area contributed by atoms with Crippen LogP contribution >= 0.6 is 11.8 Å². The zero-order chi connectivity index (χ0) is 10.5. The predicted molar refractivity (Wildman–Crippen MR) is 65.6 cm³/mol. The van der Waals surface area contributed by atoms with E-state index in [0.29, 0.717) is 6.10 Å². The fraction of sp³-hybridized carbons (Fsp3) is 1.00. The Balaban J connectivity index is 1.72. The molecule has 0 aromatic carbocycles. The molecule has 0 saturated carbocycles. The highest BCUT2D eigenvalue weighted by atomic mass is 32.2. The third kappa shape index (κ3) is 3.63. The van der Waals surface area contributed by atoms with E-state index < -0.39 is 0 Å². The standard InChI is InChI=1S/C11H22N2OS/c1-13(10-2-6-15-7-3-10)9-11-8-12-4-5-14-11/h10-12H,2-9H2,1H3. The number of nitrogens with one attached hydrogen (secondary N) is 1. The molecular weight excluding hydrogens is 208 g/mol. The zero-order valence-corrected chi connectivity index (χ0v) is 10.4. The first-order chi connectivity index (χ1) is 7.36.